The van der Waals surface area contributed by atoms with Gasteiger partial charge in [-0.15, -0.1) is 0 Å². The van der Waals surface area contributed by atoms with Crippen molar-refractivity contribution in [1.29, 1.82) is 0 Å². The molecule has 1 aliphatic rings. The van der Waals surface area contributed by atoms with Crippen LogP contribution in [-0.2, 0) is 14.8 Å². The van der Waals surface area contributed by atoms with Gasteiger partial charge in [-0.3, -0.25) is 19.5 Å². The Labute approximate surface area is 213 Å². The van der Waals surface area contributed by atoms with Crippen LogP contribution in [-0.4, -0.2) is 45.9 Å². The third-order valence-corrected chi connectivity index (χ3v) is 7.04. The summed E-state index contributed by atoms with van der Waals surface area (Å²) >= 11 is 0. The second-order valence-corrected chi connectivity index (χ2v) is 9.95. The third kappa shape index (κ3) is 5.24. The minimum Gasteiger partial charge on any atom is -0.480 e. The number of pyridine rings is 1. The Kier molecular flexibility index (Phi) is 6.24. The summed E-state index contributed by atoms with van der Waals surface area (Å²) in [5.74, 6) is -0.969. The lowest BCUT2D eigenvalue weighted by atomic mass is 10.1. The summed E-state index contributed by atoms with van der Waals surface area (Å²) in [6.45, 7) is 3.65. The van der Waals surface area contributed by atoms with E-state index >= 15 is 0 Å². The first-order chi connectivity index (χ1) is 17.8. The van der Waals surface area contributed by atoms with Crippen molar-refractivity contribution >= 4 is 38.3 Å². The van der Waals surface area contributed by atoms with E-state index in [0.717, 1.165) is 5.56 Å². The Hall–Kier alpha value is -4.83. The quantitative estimate of drug-likeness (QED) is 0.376. The molecule has 0 amide bonds. The molecule has 0 unspecified atom stereocenters. The van der Waals surface area contributed by atoms with Gasteiger partial charge in [-0.05, 0) is 48.0 Å². The van der Waals surface area contributed by atoms with Gasteiger partial charge in [0.05, 0.1) is 39.7 Å². The summed E-state index contributed by atoms with van der Waals surface area (Å²) in [5, 5.41) is 9.15. The van der Waals surface area contributed by atoms with Gasteiger partial charge in [-0.2, -0.15) is 0 Å². The molecule has 5 rings (SSSR count). The number of sulfonamides is 1. The molecule has 0 bridgehead atoms. The van der Waals surface area contributed by atoms with Crippen LogP contribution in [0.4, 0.5) is 5.69 Å². The fraction of sp³-hybridized carbons (Fsp3) is 0.0370. The maximum absolute atomic E-state index is 12.7. The molecule has 0 aliphatic carbocycles. The van der Waals surface area contributed by atoms with Crippen LogP contribution in [0.25, 0.3) is 27.7 Å². The van der Waals surface area contributed by atoms with Crippen LogP contribution in [0.2, 0.25) is 0 Å². The molecule has 0 radical (unpaired) electrons. The van der Waals surface area contributed by atoms with E-state index in [1.807, 2.05) is 24.3 Å². The fourth-order valence-corrected chi connectivity index (χ4v) is 4.87. The number of aromatic nitrogens is 3. The molecule has 2 N–H and O–H groups in total. The van der Waals surface area contributed by atoms with Gasteiger partial charge in [0, 0.05) is 29.2 Å². The van der Waals surface area contributed by atoms with E-state index < -0.39 is 16.0 Å². The second kappa shape index (κ2) is 9.67. The summed E-state index contributed by atoms with van der Waals surface area (Å²) in [6.07, 6.45) is 9.94. The molecule has 2 aromatic carbocycles. The summed E-state index contributed by atoms with van der Waals surface area (Å²) < 4.78 is 28.0. The van der Waals surface area contributed by atoms with E-state index in [2.05, 4.69) is 21.3 Å². The molecular weight excluding hydrogens is 490 g/mol. The van der Waals surface area contributed by atoms with Gasteiger partial charge in [-0.25, -0.2) is 13.4 Å². The first-order valence-electron chi connectivity index (χ1n) is 11.2. The van der Waals surface area contributed by atoms with Crippen LogP contribution in [0, 0.1) is 0 Å². The van der Waals surface area contributed by atoms with Gasteiger partial charge < -0.3 is 10.0 Å². The molecule has 0 atom stereocenters. The topological polar surface area (TPSA) is 125 Å². The molecule has 0 fully saturated rings. The van der Waals surface area contributed by atoms with Crippen LogP contribution in [0.3, 0.4) is 0 Å². The van der Waals surface area contributed by atoms with Gasteiger partial charge in [-0.1, -0.05) is 30.8 Å². The summed E-state index contributed by atoms with van der Waals surface area (Å²) in [4.78, 5) is 26.3. The predicted octanol–water partition coefficient (Wildman–Crippen LogP) is 4.30. The van der Waals surface area contributed by atoms with Crippen LogP contribution in [0.15, 0.2) is 109 Å². The number of fused-ring (bicyclic) bond motifs is 1. The fourth-order valence-electron chi connectivity index (χ4n) is 3.82. The van der Waals surface area contributed by atoms with Crippen molar-refractivity contribution in [3.63, 3.8) is 0 Å². The molecule has 184 valence electrons. The zero-order valence-electron chi connectivity index (χ0n) is 19.4. The molecule has 3 heterocycles. The minimum atomic E-state index is -3.75. The molecule has 9 nitrogen and oxygen atoms in total. The minimum absolute atomic E-state index is 0.158. The molecule has 2 aromatic heterocycles. The van der Waals surface area contributed by atoms with E-state index in [1.54, 1.807) is 48.9 Å². The molecule has 10 heteroatoms. The number of nitrogens with one attached hydrogen (secondary N) is 1. The van der Waals surface area contributed by atoms with Gasteiger partial charge >= 0.3 is 5.97 Å². The molecule has 4 aromatic rings. The van der Waals surface area contributed by atoms with E-state index in [1.165, 1.54) is 23.2 Å². The highest BCUT2D eigenvalue weighted by atomic mass is 32.2. The van der Waals surface area contributed by atoms with Crippen molar-refractivity contribution in [2.24, 2.45) is 0 Å². The SMILES string of the molecule is C=C1C=CC(c2cnc3ccc(-c4cncc(NS(=O)(=O)c5ccccc5)c4)cc3n2)=CN1CC(=O)O. The Morgan fingerprint density at radius 2 is 1.78 bits per heavy atom. The number of benzene rings is 2. The van der Waals surface area contributed by atoms with Gasteiger partial charge in [0.2, 0.25) is 0 Å². The average Bonchev–Trinajstić information content (AvgIpc) is 2.89. The van der Waals surface area contributed by atoms with Crippen molar-refractivity contribution in [3.05, 3.63) is 110 Å². The number of hydrogen-bond donors (Lipinski definition) is 2. The van der Waals surface area contributed by atoms with Crippen molar-refractivity contribution in [1.82, 2.24) is 19.9 Å². The molecular formula is C27H21N5O4S. The van der Waals surface area contributed by atoms with Crippen molar-refractivity contribution in [2.45, 2.75) is 4.90 Å². The van der Waals surface area contributed by atoms with Gasteiger partial charge in [0.1, 0.15) is 6.54 Å². The Bertz CT molecular complexity index is 1700. The van der Waals surface area contributed by atoms with Crippen LogP contribution in [0.1, 0.15) is 5.69 Å². The highest BCUT2D eigenvalue weighted by molar-refractivity contribution is 7.92. The molecule has 0 saturated carbocycles. The largest absolute Gasteiger partial charge is 0.480 e. The zero-order chi connectivity index (χ0) is 26.0. The van der Waals surface area contributed by atoms with Crippen LogP contribution in [0.5, 0.6) is 0 Å². The number of carboxylic acid groups (broad SMARTS) is 1. The molecule has 0 saturated heterocycles. The highest BCUT2D eigenvalue weighted by Gasteiger charge is 2.16. The van der Waals surface area contributed by atoms with Crippen molar-refractivity contribution in [3.8, 4) is 11.1 Å². The molecule has 1 aliphatic heterocycles. The Morgan fingerprint density at radius 3 is 2.57 bits per heavy atom. The van der Waals surface area contributed by atoms with Gasteiger partial charge in [0.25, 0.3) is 10.0 Å². The number of allylic oxidation sites excluding steroid dienone is 3. The maximum Gasteiger partial charge on any atom is 0.323 e. The van der Waals surface area contributed by atoms with E-state index in [4.69, 9.17) is 10.1 Å². The van der Waals surface area contributed by atoms with Crippen LogP contribution < -0.4 is 4.72 Å². The Balaban J connectivity index is 1.45. The first-order valence-corrected chi connectivity index (χ1v) is 12.6. The first kappa shape index (κ1) is 23.9. The van der Waals surface area contributed by atoms with Crippen molar-refractivity contribution < 1.29 is 18.3 Å². The average molecular weight is 512 g/mol. The molecule has 0 spiro atoms. The lowest BCUT2D eigenvalue weighted by Crippen LogP contribution is -2.24. The number of aliphatic carboxylic acids is 1. The normalized spacial score (nSPS) is 13.5. The number of anilines is 1. The van der Waals surface area contributed by atoms with Crippen molar-refractivity contribution in [2.75, 3.05) is 11.3 Å². The van der Waals surface area contributed by atoms with E-state index in [-0.39, 0.29) is 11.4 Å². The number of carbonyl (C=O) groups is 1. The lowest BCUT2D eigenvalue weighted by molar-refractivity contribution is -0.137. The Morgan fingerprint density at radius 1 is 0.973 bits per heavy atom. The van der Waals surface area contributed by atoms with Gasteiger partial charge in [0.15, 0.2) is 0 Å². The summed E-state index contributed by atoms with van der Waals surface area (Å²) in [5.41, 5.74) is 4.94. The standard InChI is InChI=1S/C27H21N5O4S/c1-18-7-8-20(16-32(18)17-27(33)34)26-15-29-24-10-9-19(12-25(24)30-26)21-11-22(14-28-13-21)31-37(35,36)23-5-3-2-4-6-23/h2-16,31H,1,17H2,(H,33,34). The summed E-state index contributed by atoms with van der Waals surface area (Å²) in [7, 11) is -3.75. The van der Waals surface area contributed by atoms with Crippen LogP contribution >= 0.6 is 0 Å². The number of hydrogen-bond acceptors (Lipinski definition) is 7. The lowest BCUT2D eigenvalue weighted by Gasteiger charge is -2.23. The van der Waals surface area contributed by atoms with E-state index in [0.29, 0.717) is 39.2 Å². The summed E-state index contributed by atoms with van der Waals surface area (Å²) in [6, 6.07) is 15.3. The smallest absolute Gasteiger partial charge is 0.323 e. The second-order valence-electron chi connectivity index (χ2n) is 8.27. The number of rotatable bonds is 7. The zero-order valence-corrected chi connectivity index (χ0v) is 20.3. The predicted molar refractivity (Wildman–Crippen MR) is 141 cm³/mol. The molecule has 37 heavy (non-hydrogen) atoms. The maximum atomic E-state index is 12.7. The number of nitrogens with zero attached hydrogens (tertiary/aromatic N) is 4. The highest BCUT2D eigenvalue weighted by Crippen LogP contribution is 2.27. The number of carboxylic acids is 1. The monoisotopic (exact) mass is 511 g/mol. The van der Waals surface area contributed by atoms with E-state index in [9.17, 15) is 13.2 Å². The third-order valence-electron chi connectivity index (χ3n) is 5.64.